The third-order valence-electron chi connectivity index (χ3n) is 5.30. The molecule has 6 nitrogen and oxygen atoms in total. The standard InChI is InChI=1S/C17H30N6.2ClH/c1-23(14-5-2-3-6-14)8-4-7-20-16-11-15(21-17(19)22-16)12-9-13(18)10-12;;/h11-14H,2-10,18H2,1H3,(H3,19,20,21,22);2*1H. The number of anilines is 2. The molecule has 0 aliphatic heterocycles. The normalized spacial score (nSPS) is 22.8. The van der Waals surface area contributed by atoms with Crippen molar-refractivity contribution in [1.82, 2.24) is 14.9 Å². The molecule has 0 radical (unpaired) electrons. The zero-order chi connectivity index (χ0) is 16.2. The smallest absolute Gasteiger partial charge is 0.222 e. The van der Waals surface area contributed by atoms with E-state index in [9.17, 15) is 0 Å². The highest BCUT2D eigenvalue weighted by atomic mass is 35.5. The molecule has 3 rings (SSSR count). The van der Waals surface area contributed by atoms with Gasteiger partial charge in [0.15, 0.2) is 0 Å². The number of nitrogens with zero attached hydrogens (tertiary/aromatic N) is 3. The first-order chi connectivity index (χ1) is 11.1. The molecular formula is C17H32Cl2N6. The predicted octanol–water partition coefficient (Wildman–Crippen LogP) is 2.78. The Balaban J connectivity index is 0.00000156. The van der Waals surface area contributed by atoms with E-state index in [0.29, 0.717) is 17.9 Å². The number of nitrogen functional groups attached to an aromatic ring is 1. The van der Waals surface area contributed by atoms with Crippen LogP contribution in [0.3, 0.4) is 0 Å². The fourth-order valence-corrected chi connectivity index (χ4v) is 3.76. The molecule has 1 aromatic rings. The van der Waals surface area contributed by atoms with Crippen molar-refractivity contribution >= 4 is 36.6 Å². The molecule has 8 heteroatoms. The van der Waals surface area contributed by atoms with Gasteiger partial charge in [0, 0.05) is 30.6 Å². The van der Waals surface area contributed by atoms with Gasteiger partial charge in [-0.15, -0.1) is 24.8 Å². The lowest BCUT2D eigenvalue weighted by molar-refractivity contribution is 0.245. The molecule has 1 heterocycles. The van der Waals surface area contributed by atoms with Gasteiger partial charge in [-0.2, -0.15) is 4.98 Å². The fraction of sp³-hybridized carbons (Fsp3) is 0.765. The minimum Gasteiger partial charge on any atom is -0.370 e. The van der Waals surface area contributed by atoms with Gasteiger partial charge in [0.2, 0.25) is 5.95 Å². The number of aromatic nitrogens is 2. The number of rotatable bonds is 7. The van der Waals surface area contributed by atoms with Gasteiger partial charge in [-0.1, -0.05) is 12.8 Å². The van der Waals surface area contributed by atoms with Gasteiger partial charge >= 0.3 is 0 Å². The summed E-state index contributed by atoms with van der Waals surface area (Å²) < 4.78 is 0. The quantitative estimate of drug-likeness (QED) is 0.619. The van der Waals surface area contributed by atoms with Gasteiger partial charge in [0.25, 0.3) is 0 Å². The molecule has 5 N–H and O–H groups in total. The molecule has 144 valence electrons. The van der Waals surface area contributed by atoms with Crippen LogP contribution in [0.4, 0.5) is 11.8 Å². The van der Waals surface area contributed by atoms with Crippen LogP contribution in [0.25, 0.3) is 0 Å². The first kappa shape index (κ1) is 22.2. The van der Waals surface area contributed by atoms with E-state index in [1.165, 1.54) is 25.7 Å². The summed E-state index contributed by atoms with van der Waals surface area (Å²) in [4.78, 5) is 11.2. The Morgan fingerprint density at radius 1 is 1.20 bits per heavy atom. The Morgan fingerprint density at radius 3 is 2.52 bits per heavy atom. The average molecular weight is 391 g/mol. The van der Waals surface area contributed by atoms with Crippen LogP contribution >= 0.6 is 24.8 Å². The number of nitrogens with two attached hydrogens (primary N) is 2. The first-order valence-electron chi connectivity index (χ1n) is 8.96. The summed E-state index contributed by atoms with van der Waals surface area (Å²) in [5, 5.41) is 3.40. The third-order valence-corrected chi connectivity index (χ3v) is 5.30. The monoisotopic (exact) mass is 390 g/mol. The summed E-state index contributed by atoms with van der Waals surface area (Å²) >= 11 is 0. The zero-order valence-corrected chi connectivity index (χ0v) is 16.6. The number of hydrogen-bond acceptors (Lipinski definition) is 6. The van der Waals surface area contributed by atoms with Gasteiger partial charge in [-0.3, -0.25) is 0 Å². The van der Waals surface area contributed by atoms with E-state index in [2.05, 4.69) is 27.2 Å². The van der Waals surface area contributed by atoms with Gasteiger partial charge in [-0.25, -0.2) is 4.98 Å². The molecule has 2 saturated carbocycles. The highest BCUT2D eigenvalue weighted by molar-refractivity contribution is 5.85. The maximum absolute atomic E-state index is 5.87. The topological polar surface area (TPSA) is 93.1 Å². The van der Waals surface area contributed by atoms with Crippen LogP contribution in [0.2, 0.25) is 0 Å². The summed E-state index contributed by atoms with van der Waals surface area (Å²) in [5.74, 6) is 1.65. The van der Waals surface area contributed by atoms with Gasteiger partial charge in [0.05, 0.1) is 5.69 Å². The van der Waals surface area contributed by atoms with Crippen molar-refractivity contribution < 1.29 is 0 Å². The molecule has 1 aromatic heterocycles. The van der Waals surface area contributed by atoms with Crippen LogP contribution in [-0.2, 0) is 0 Å². The van der Waals surface area contributed by atoms with Crippen LogP contribution in [0.5, 0.6) is 0 Å². The van der Waals surface area contributed by atoms with Crippen molar-refractivity contribution in [3.05, 3.63) is 11.8 Å². The van der Waals surface area contributed by atoms with Crippen LogP contribution in [0.1, 0.15) is 56.6 Å². The second-order valence-corrected chi connectivity index (χ2v) is 7.16. The summed E-state index contributed by atoms with van der Waals surface area (Å²) in [6.45, 7) is 2.04. The molecule has 0 atom stereocenters. The Labute approximate surface area is 163 Å². The SMILES string of the molecule is CN(CCCNc1cc(C2CC(N)C2)nc(N)n1)C1CCCC1.Cl.Cl. The molecule has 2 fully saturated rings. The summed E-state index contributed by atoms with van der Waals surface area (Å²) in [5.41, 5.74) is 12.7. The van der Waals surface area contributed by atoms with E-state index < -0.39 is 0 Å². The summed E-state index contributed by atoms with van der Waals surface area (Å²) in [6.07, 6.45) is 8.62. The van der Waals surface area contributed by atoms with Crippen LogP contribution in [0.15, 0.2) is 6.07 Å². The van der Waals surface area contributed by atoms with E-state index in [4.69, 9.17) is 11.5 Å². The Kier molecular flexibility index (Phi) is 9.21. The molecule has 0 spiro atoms. The first-order valence-corrected chi connectivity index (χ1v) is 8.96. The Hall–Kier alpha value is -0.820. The average Bonchev–Trinajstić information content (AvgIpc) is 3.02. The van der Waals surface area contributed by atoms with Gasteiger partial charge in [-0.05, 0) is 45.7 Å². The van der Waals surface area contributed by atoms with Crippen molar-refractivity contribution in [3.63, 3.8) is 0 Å². The summed E-state index contributed by atoms with van der Waals surface area (Å²) in [6, 6.07) is 3.14. The molecule has 2 aliphatic carbocycles. The number of hydrogen-bond donors (Lipinski definition) is 3. The Morgan fingerprint density at radius 2 is 1.88 bits per heavy atom. The molecule has 0 amide bonds. The van der Waals surface area contributed by atoms with Crippen LogP contribution in [-0.4, -0.2) is 47.1 Å². The minimum atomic E-state index is 0. The molecular weight excluding hydrogens is 359 g/mol. The Bertz CT molecular complexity index is 518. The molecule has 0 saturated heterocycles. The van der Waals surface area contributed by atoms with Crippen molar-refractivity contribution in [2.45, 2.75) is 62.9 Å². The maximum atomic E-state index is 5.87. The van der Waals surface area contributed by atoms with Gasteiger partial charge < -0.3 is 21.7 Å². The van der Waals surface area contributed by atoms with E-state index in [1.807, 2.05) is 6.07 Å². The highest BCUT2D eigenvalue weighted by Gasteiger charge is 2.29. The highest BCUT2D eigenvalue weighted by Crippen LogP contribution is 2.35. The molecule has 0 unspecified atom stereocenters. The number of halogens is 2. The van der Waals surface area contributed by atoms with Crippen LogP contribution < -0.4 is 16.8 Å². The fourth-order valence-electron chi connectivity index (χ4n) is 3.76. The maximum Gasteiger partial charge on any atom is 0.222 e. The predicted molar refractivity (Wildman–Crippen MR) is 109 cm³/mol. The third kappa shape index (κ3) is 6.13. The van der Waals surface area contributed by atoms with E-state index in [-0.39, 0.29) is 24.8 Å². The molecule has 0 bridgehead atoms. The number of nitrogens with one attached hydrogen (secondary N) is 1. The zero-order valence-electron chi connectivity index (χ0n) is 15.0. The lowest BCUT2D eigenvalue weighted by Crippen LogP contribution is -2.35. The van der Waals surface area contributed by atoms with Crippen molar-refractivity contribution in [2.24, 2.45) is 5.73 Å². The molecule has 25 heavy (non-hydrogen) atoms. The molecule has 2 aliphatic rings. The van der Waals surface area contributed by atoms with E-state index in [0.717, 1.165) is 49.9 Å². The van der Waals surface area contributed by atoms with Crippen LogP contribution in [0, 0.1) is 0 Å². The van der Waals surface area contributed by atoms with E-state index in [1.54, 1.807) is 0 Å². The van der Waals surface area contributed by atoms with Gasteiger partial charge in [0.1, 0.15) is 5.82 Å². The lowest BCUT2D eigenvalue weighted by Gasteiger charge is -2.32. The minimum absolute atomic E-state index is 0. The second kappa shape index (κ2) is 10.4. The van der Waals surface area contributed by atoms with Crippen molar-refractivity contribution in [3.8, 4) is 0 Å². The summed E-state index contributed by atoms with van der Waals surface area (Å²) in [7, 11) is 2.25. The second-order valence-electron chi connectivity index (χ2n) is 7.16. The van der Waals surface area contributed by atoms with Crippen molar-refractivity contribution in [2.75, 3.05) is 31.2 Å². The van der Waals surface area contributed by atoms with Crippen molar-refractivity contribution in [1.29, 1.82) is 0 Å². The van der Waals surface area contributed by atoms with E-state index >= 15 is 0 Å². The lowest BCUT2D eigenvalue weighted by atomic mass is 9.78. The largest absolute Gasteiger partial charge is 0.370 e. The molecule has 0 aromatic carbocycles.